The van der Waals surface area contributed by atoms with E-state index in [2.05, 4.69) is 20.5 Å². The van der Waals surface area contributed by atoms with E-state index in [1.807, 2.05) is 30.3 Å². The first-order valence-electron chi connectivity index (χ1n) is 11.2. The number of pyridine rings is 1. The molecule has 1 aromatic carbocycles. The third kappa shape index (κ3) is 7.03. The van der Waals surface area contributed by atoms with Crippen molar-refractivity contribution in [2.75, 3.05) is 17.6 Å². The number of carboxylic acid groups (broad SMARTS) is 1. The number of alkyl carbamates (subject to hydrolysis) is 1. The average Bonchev–Trinajstić information content (AvgIpc) is 3.28. The Kier molecular flexibility index (Phi) is 7.58. The number of carbonyl (C=O) groups is 2. The van der Waals surface area contributed by atoms with Crippen LogP contribution in [-0.2, 0) is 26.7 Å². The van der Waals surface area contributed by atoms with Crippen LogP contribution in [0.15, 0.2) is 46.9 Å². The molecule has 0 aliphatic carbocycles. The Morgan fingerprint density at radius 1 is 1.11 bits per heavy atom. The molecule has 2 aromatic heterocycles. The second kappa shape index (κ2) is 10.2. The number of anilines is 1. The largest absolute Gasteiger partial charge is 0.477 e. The van der Waals surface area contributed by atoms with E-state index in [0.29, 0.717) is 0 Å². The molecule has 2 N–H and O–H groups in total. The highest BCUT2D eigenvalue weighted by molar-refractivity contribution is 7.92. The maximum absolute atomic E-state index is 12.7. The van der Waals surface area contributed by atoms with Gasteiger partial charge in [-0.25, -0.2) is 23.0 Å². The molecule has 13 heteroatoms. The number of ether oxygens (including phenoxy) is 1. The summed E-state index contributed by atoms with van der Waals surface area (Å²) in [4.78, 5) is 28.2. The predicted octanol–water partition coefficient (Wildman–Crippen LogP) is 3.21. The van der Waals surface area contributed by atoms with Crippen molar-refractivity contribution >= 4 is 27.9 Å². The van der Waals surface area contributed by atoms with Gasteiger partial charge in [0.15, 0.2) is 5.69 Å². The molecule has 1 atom stereocenters. The molecule has 37 heavy (non-hydrogen) atoms. The number of sulfonamides is 1. The van der Waals surface area contributed by atoms with Crippen molar-refractivity contribution in [2.45, 2.75) is 45.3 Å². The van der Waals surface area contributed by atoms with Crippen molar-refractivity contribution < 1.29 is 32.3 Å². The Hall–Kier alpha value is -4.00. The van der Waals surface area contributed by atoms with Gasteiger partial charge in [0.05, 0.1) is 6.26 Å². The quantitative estimate of drug-likeness (QED) is 0.441. The number of aromatic nitrogens is 3. The molecule has 3 rings (SSSR count). The number of aromatic carboxylic acids is 1. The highest BCUT2D eigenvalue weighted by Gasteiger charge is 2.37. The van der Waals surface area contributed by atoms with Gasteiger partial charge in [0.25, 0.3) is 0 Å². The lowest BCUT2D eigenvalue weighted by molar-refractivity contribution is 0.0443. The highest BCUT2D eigenvalue weighted by Crippen LogP contribution is 2.30. The molecule has 12 nitrogen and oxygen atoms in total. The minimum atomic E-state index is -3.73. The predicted molar refractivity (Wildman–Crippen MR) is 135 cm³/mol. The topological polar surface area (TPSA) is 165 Å². The maximum Gasteiger partial charge on any atom is 0.408 e. The number of benzene rings is 1. The summed E-state index contributed by atoms with van der Waals surface area (Å²) < 4.78 is 36.2. The molecule has 1 amide bonds. The number of nitrogens with one attached hydrogen (secondary N) is 1. The molecule has 3 aromatic rings. The van der Waals surface area contributed by atoms with Gasteiger partial charge in [-0.1, -0.05) is 30.3 Å². The van der Waals surface area contributed by atoms with E-state index in [1.165, 1.54) is 19.2 Å². The molecule has 0 spiro atoms. The summed E-state index contributed by atoms with van der Waals surface area (Å²) in [5.41, 5.74) is -1.36. The summed E-state index contributed by atoms with van der Waals surface area (Å²) in [5.74, 6) is -1.57. The van der Waals surface area contributed by atoms with Crippen molar-refractivity contribution in [3.05, 3.63) is 59.6 Å². The third-order valence-corrected chi connectivity index (χ3v) is 6.35. The smallest absolute Gasteiger partial charge is 0.408 e. The van der Waals surface area contributed by atoms with Gasteiger partial charge in [-0.05, 0) is 45.4 Å². The first-order valence-corrected chi connectivity index (χ1v) is 13.0. The fraction of sp³-hybridized carbons (Fsp3) is 0.375. The molecule has 198 valence electrons. The molecule has 2 heterocycles. The standard InChI is InChI=1S/C24H29N5O7S/c1-23(2,3)36-22(32)26-24(4,14-15-10-8-7-9-11-15)21-28-27-19(35-21)16-12-17(20(30)31)25-18(13-16)29(5)37(6,33)34/h7-13H,14H2,1-6H3,(H,26,32)(H,30,31). The molecule has 0 aliphatic heterocycles. The van der Waals surface area contributed by atoms with Gasteiger partial charge in [0, 0.05) is 19.0 Å². The molecular formula is C24H29N5O7S. The Morgan fingerprint density at radius 3 is 2.32 bits per heavy atom. The number of carboxylic acids is 1. The summed E-state index contributed by atoms with van der Waals surface area (Å²) in [6.45, 7) is 6.90. The van der Waals surface area contributed by atoms with E-state index in [-0.39, 0.29) is 29.6 Å². The van der Waals surface area contributed by atoms with Gasteiger partial charge in [-0.2, -0.15) is 0 Å². The van der Waals surface area contributed by atoms with Crippen LogP contribution in [0, 0.1) is 0 Å². The van der Waals surface area contributed by atoms with Crippen LogP contribution in [0.2, 0.25) is 0 Å². The van der Waals surface area contributed by atoms with E-state index >= 15 is 0 Å². The lowest BCUT2D eigenvalue weighted by Crippen LogP contribution is -2.47. The van der Waals surface area contributed by atoms with Gasteiger partial charge in [0.1, 0.15) is 17.0 Å². The molecule has 0 saturated heterocycles. The van der Waals surface area contributed by atoms with Crippen molar-refractivity contribution in [1.29, 1.82) is 0 Å². The number of hydrogen-bond acceptors (Lipinski definition) is 9. The maximum atomic E-state index is 12.7. The number of hydrogen-bond donors (Lipinski definition) is 2. The summed E-state index contributed by atoms with van der Waals surface area (Å²) in [7, 11) is -2.48. The fourth-order valence-electron chi connectivity index (χ4n) is 3.35. The van der Waals surface area contributed by atoms with Crippen molar-refractivity contribution in [3.63, 3.8) is 0 Å². The minimum absolute atomic E-state index is 0.0314. The van der Waals surface area contributed by atoms with Gasteiger partial charge >= 0.3 is 12.1 Å². The highest BCUT2D eigenvalue weighted by atomic mass is 32.2. The number of rotatable bonds is 8. The number of carbonyl (C=O) groups excluding carboxylic acids is 1. The molecular weight excluding hydrogens is 502 g/mol. The van der Waals surface area contributed by atoms with Gasteiger partial charge in [0.2, 0.25) is 21.8 Å². The van der Waals surface area contributed by atoms with Crippen LogP contribution < -0.4 is 9.62 Å². The monoisotopic (exact) mass is 531 g/mol. The number of amides is 1. The summed E-state index contributed by atoms with van der Waals surface area (Å²) in [6, 6.07) is 11.8. The zero-order valence-corrected chi connectivity index (χ0v) is 22.2. The van der Waals surface area contributed by atoms with Gasteiger partial charge in [-0.3, -0.25) is 4.31 Å². The van der Waals surface area contributed by atoms with Crippen LogP contribution >= 0.6 is 0 Å². The average molecular weight is 532 g/mol. The van der Waals surface area contributed by atoms with E-state index < -0.39 is 38.9 Å². The molecule has 0 saturated carbocycles. The van der Waals surface area contributed by atoms with Crippen LogP contribution in [-0.4, -0.2) is 59.7 Å². The molecule has 0 bridgehead atoms. The van der Waals surface area contributed by atoms with Gasteiger partial charge in [-0.15, -0.1) is 10.2 Å². The van der Waals surface area contributed by atoms with E-state index in [9.17, 15) is 23.1 Å². The van der Waals surface area contributed by atoms with Crippen LogP contribution in [0.1, 0.15) is 49.6 Å². The molecule has 0 aliphatic rings. The molecule has 0 fully saturated rings. The van der Waals surface area contributed by atoms with Crippen LogP contribution in [0.5, 0.6) is 0 Å². The Bertz CT molecular complexity index is 1400. The van der Waals surface area contributed by atoms with Gasteiger partial charge < -0.3 is 19.6 Å². The lowest BCUT2D eigenvalue weighted by atomic mass is 9.92. The summed E-state index contributed by atoms with van der Waals surface area (Å²) >= 11 is 0. The summed E-state index contributed by atoms with van der Waals surface area (Å²) in [6.07, 6.45) is 0.539. The minimum Gasteiger partial charge on any atom is -0.477 e. The van der Waals surface area contributed by atoms with Crippen LogP contribution in [0.25, 0.3) is 11.5 Å². The Balaban J connectivity index is 2.06. The first-order chi connectivity index (χ1) is 17.1. The second-order valence-corrected chi connectivity index (χ2v) is 11.7. The van der Waals surface area contributed by atoms with Crippen LogP contribution in [0.3, 0.4) is 0 Å². The normalized spacial score (nSPS) is 13.5. The zero-order chi connectivity index (χ0) is 27.6. The Labute approximate surface area is 214 Å². The van der Waals surface area contributed by atoms with Crippen molar-refractivity contribution in [1.82, 2.24) is 20.5 Å². The van der Waals surface area contributed by atoms with E-state index in [1.54, 1.807) is 27.7 Å². The van der Waals surface area contributed by atoms with E-state index in [4.69, 9.17) is 9.15 Å². The lowest BCUT2D eigenvalue weighted by Gasteiger charge is -2.29. The third-order valence-electron chi connectivity index (χ3n) is 5.17. The van der Waals surface area contributed by atoms with E-state index in [0.717, 1.165) is 16.1 Å². The SMILES string of the molecule is CN(c1cc(-c2nnc(C(C)(Cc3ccccc3)NC(=O)OC(C)(C)C)o2)cc(C(=O)O)n1)S(C)(=O)=O. The van der Waals surface area contributed by atoms with Crippen LogP contribution in [0.4, 0.5) is 10.6 Å². The second-order valence-electron chi connectivity index (χ2n) is 9.67. The van der Waals surface area contributed by atoms with Crippen molar-refractivity contribution in [2.24, 2.45) is 0 Å². The Morgan fingerprint density at radius 2 is 1.76 bits per heavy atom. The molecule has 1 unspecified atom stereocenters. The molecule has 0 radical (unpaired) electrons. The fourth-order valence-corrected chi connectivity index (χ4v) is 3.78. The summed E-state index contributed by atoms with van der Waals surface area (Å²) in [5, 5.41) is 20.5. The zero-order valence-electron chi connectivity index (χ0n) is 21.3. The first kappa shape index (κ1) is 27.6. The number of nitrogens with zero attached hydrogens (tertiary/aromatic N) is 4. The van der Waals surface area contributed by atoms with Crippen molar-refractivity contribution in [3.8, 4) is 11.5 Å².